The van der Waals surface area contributed by atoms with Crippen molar-refractivity contribution < 1.29 is 22.7 Å². The molecule has 1 atom stereocenters. The van der Waals surface area contributed by atoms with E-state index in [9.17, 15) is 18.0 Å². The molecule has 0 spiro atoms. The van der Waals surface area contributed by atoms with E-state index in [1.165, 1.54) is 11.0 Å². The standard InChI is InChI=1S/C24H32ClN3O5S/c1-6-12-26-24(30)18(3)27(15-19-8-7-9-21(13-19)33-4)23(29)16-28(34(5,31)32)20-11-10-17(2)22(25)14-20/h7-11,13-14,18H,6,12,15-16H2,1-5H3,(H,26,30)/t18-/m1/s1. The second kappa shape index (κ2) is 12.1. The average molecular weight is 510 g/mol. The van der Waals surface area contributed by atoms with Crippen LogP contribution in [0.15, 0.2) is 42.5 Å². The van der Waals surface area contributed by atoms with Crippen LogP contribution in [0.1, 0.15) is 31.4 Å². The van der Waals surface area contributed by atoms with Gasteiger partial charge in [-0.25, -0.2) is 8.42 Å². The van der Waals surface area contributed by atoms with Gasteiger partial charge in [0.05, 0.1) is 19.1 Å². The number of halogens is 1. The summed E-state index contributed by atoms with van der Waals surface area (Å²) in [6, 6.07) is 11.1. The summed E-state index contributed by atoms with van der Waals surface area (Å²) in [6.45, 7) is 5.45. The lowest BCUT2D eigenvalue weighted by Crippen LogP contribution is -2.51. The number of aryl methyl sites for hydroxylation is 1. The van der Waals surface area contributed by atoms with Crippen LogP contribution in [0.25, 0.3) is 0 Å². The highest BCUT2D eigenvalue weighted by Gasteiger charge is 2.30. The molecule has 2 aromatic carbocycles. The van der Waals surface area contributed by atoms with Crippen LogP contribution in [-0.4, -0.2) is 57.6 Å². The van der Waals surface area contributed by atoms with Crippen molar-refractivity contribution in [3.05, 3.63) is 58.6 Å². The summed E-state index contributed by atoms with van der Waals surface area (Å²) in [6.07, 6.45) is 1.77. The molecule has 0 radical (unpaired) electrons. The lowest BCUT2D eigenvalue weighted by Gasteiger charge is -2.31. The monoisotopic (exact) mass is 509 g/mol. The molecule has 0 aliphatic carbocycles. The molecule has 2 amide bonds. The second-order valence-corrected chi connectivity index (χ2v) is 10.4. The van der Waals surface area contributed by atoms with Gasteiger partial charge >= 0.3 is 0 Å². The van der Waals surface area contributed by atoms with Crippen LogP contribution in [0.3, 0.4) is 0 Å². The minimum absolute atomic E-state index is 0.100. The largest absolute Gasteiger partial charge is 0.497 e. The first-order chi connectivity index (χ1) is 16.0. The highest BCUT2D eigenvalue weighted by molar-refractivity contribution is 7.92. The van der Waals surface area contributed by atoms with E-state index in [1.807, 2.05) is 13.0 Å². The molecule has 8 nitrogen and oxygen atoms in total. The van der Waals surface area contributed by atoms with Crippen LogP contribution in [0.5, 0.6) is 5.75 Å². The summed E-state index contributed by atoms with van der Waals surface area (Å²) in [5.41, 5.74) is 1.80. The number of anilines is 1. The zero-order valence-electron chi connectivity index (χ0n) is 20.2. The van der Waals surface area contributed by atoms with Crippen molar-refractivity contribution >= 4 is 39.1 Å². The summed E-state index contributed by atoms with van der Waals surface area (Å²) in [4.78, 5) is 27.6. The molecular weight excluding hydrogens is 478 g/mol. The van der Waals surface area contributed by atoms with Crippen molar-refractivity contribution in [2.45, 2.75) is 39.8 Å². The summed E-state index contributed by atoms with van der Waals surface area (Å²) < 4.78 is 31.4. The predicted molar refractivity (Wildman–Crippen MR) is 135 cm³/mol. The van der Waals surface area contributed by atoms with Gasteiger partial charge in [-0.15, -0.1) is 0 Å². The molecule has 34 heavy (non-hydrogen) atoms. The van der Waals surface area contributed by atoms with E-state index in [0.717, 1.165) is 28.1 Å². The molecular formula is C24H32ClN3O5S. The quantitative estimate of drug-likeness (QED) is 0.501. The fourth-order valence-corrected chi connectivity index (χ4v) is 4.31. The Bertz CT molecular complexity index is 1120. The lowest BCUT2D eigenvalue weighted by molar-refractivity contribution is -0.139. The molecule has 0 saturated heterocycles. The van der Waals surface area contributed by atoms with E-state index in [4.69, 9.17) is 16.3 Å². The van der Waals surface area contributed by atoms with Crippen LogP contribution < -0.4 is 14.4 Å². The van der Waals surface area contributed by atoms with Gasteiger partial charge in [-0.3, -0.25) is 13.9 Å². The number of rotatable bonds is 11. The highest BCUT2D eigenvalue weighted by atomic mass is 35.5. The molecule has 0 fully saturated rings. The first-order valence-electron chi connectivity index (χ1n) is 10.9. The molecule has 0 saturated carbocycles. The van der Waals surface area contributed by atoms with E-state index in [0.29, 0.717) is 17.3 Å². The Balaban J connectivity index is 2.40. The first-order valence-corrected chi connectivity index (χ1v) is 13.1. The molecule has 10 heteroatoms. The van der Waals surface area contributed by atoms with Gasteiger partial charge in [0.1, 0.15) is 18.3 Å². The van der Waals surface area contributed by atoms with Gasteiger partial charge in [-0.05, 0) is 55.7 Å². The normalized spacial score (nSPS) is 12.1. The molecule has 1 N–H and O–H groups in total. The summed E-state index contributed by atoms with van der Waals surface area (Å²) in [7, 11) is -2.27. The Morgan fingerprint density at radius 2 is 1.88 bits per heavy atom. The number of carbonyl (C=O) groups excluding carboxylic acids is 2. The van der Waals surface area contributed by atoms with Gasteiger partial charge < -0.3 is 15.0 Å². The molecule has 0 unspecified atom stereocenters. The predicted octanol–water partition coefficient (Wildman–Crippen LogP) is 3.37. The number of nitrogens with one attached hydrogen (secondary N) is 1. The van der Waals surface area contributed by atoms with Gasteiger partial charge in [0, 0.05) is 18.1 Å². The van der Waals surface area contributed by atoms with E-state index in [1.54, 1.807) is 51.3 Å². The van der Waals surface area contributed by atoms with E-state index >= 15 is 0 Å². The number of ether oxygens (including phenoxy) is 1. The van der Waals surface area contributed by atoms with E-state index in [-0.39, 0.29) is 18.1 Å². The van der Waals surface area contributed by atoms with Crippen molar-refractivity contribution in [1.29, 1.82) is 0 Å². The van der Waals surface area contributed by atoms with Gasteiger partial charge in [0.2, 0.25) is 21.8 Å². The van der Waals surface area contributed by atoms with Crippen LogP contribution in [0.4, 0.5) is 5.69 Å². The molecule has 0 aliphatic heterocycles. The van der Waals surface area contributed by atoms with Gasteiger partial charge in [0.25, 0.3) is 0 Å². The fourth-order valence-electron chi connectivity index (χ4n) is 3.30. The molecule has 0 aromatic heterocycles. The lowest BCUT2D eigenvalue weighted by atomic mass is 10.1. The first kappa shape index (κ1) is 27.5. The van der Waals surface area contributed by atoms with Crippen molar-refractivity contribution in [3.63, 3.8) is 0 Å². The number of sulfonamides is 1. The number of hydrogen-bond donors (Lipinski definition) is 1. The molecule has 0 aliphatic rings. The second-order valence-electron chi connectivity index (χ2n) is 8.04. The van der Waals surface area contributed by atoms with Crippen LogP contribution in [0, 0.1) is 6.92 Å². The smallest absolute Gasteiger partial charge is 0.244 e. The third-order valence-corrected chi connectivity index (χ3v) is 6.87. The summed E-state index contributed by atoms with van der Waals surface area (Å²) in [5.74, 6) is -0.230. The highest BCUT2D eigenvalue weighted by Crippen LogP contribution is 2.25. The number of methoxy groups -OCH3 is 1. The average Bonchev–Trinajstić information content (AvgIpc) is 2.80. The maximum absolute atomic E-state index is 13.5. The van der Waals surface area contributed by atoms with Crippen molar-refractivity contribution in [2.75, 3.05) is 30.8 Å². The molecule has 186 valence electrons. The topological polar surface area (TPSA) is 96.0 Å². The molecule has 2 aromatic rings. The Kier molecular flexibility index (Phi) is 9.76. The number of amides is 2. The third kappa shape index (κ3) is 7.36. The minimum Gasteiger partial charge on any atom is -0.497 e. The van der Waals surface area contributed by atoms with E-state index in [2.05, 4.69) is 5.32 Å². The zero-order valence-corrected chi connectivity index (χ0v) is 21.7. The van der Waals surface area contributed by atoms with Crippen molar-refractivity contribution in [2.24, 2.45) is 0 Å². The Hall–Kier alpha value is -2.78. The molecule has 2 rings (SSSR count). The number of nitrogens with zero attached hydrogens (tertiary/aromatic N) is 2. The van der Waals surface area contributed by atoms with Crippen molar-refractivity contribution in [3.8, 4) is 5.75 Å². The molecule has 0 heterocycles. The zero-order chi connectivity index (χ0) is 25.5. The maximum atomic E-state index is 13.5. The SMILES string of the molecule is CCCNC(=O)[C@@H](C)N(Cc1cccc(OC)c1)C(=O)CN(c1ccc(C)c(Cl)c1)S(C)(=O)=O. The van der Waals surface area contributed by atoms with Gasteiger partial charge in [0.15, 0.2) is 0 Å². The van der Waals surface area contributed by atoms with Gasteiger partial charge in [-0.2, -0.15) is 0 Å². The van der Waals surface area contributed by atoms with Gasteiger partial charge in [-0.1, -0.05) is 36.7 Å². The van der Waals surface area contributed by atoms with Crippen LogP contribution in [-0.2, 0) is 26.2 Å². The Morgan fingerprint density at radius 1 is 1.18 bits per heavy atom. The summed E-state index contributed by atoms with van der Waals surface area (Å²) in [5, 5.41) is 3.19. The maximum Gasteiger partial charge on any atom is 0.244 e. The third-order valence-electron chi connectivity index (χ3n) is 5.33. The summed E-state index contributed by atoms with van der Waals surface area (Å²) >= 11 is 6.20. The number of hydrogen-bond acceptors (Lipinski definition) is 5. The number of carbonyl (C=O) groups is 2. The number of benzene rings is 2. The van der Waals surface area contributed by atoms with Crippen LogP contribution in [0.2, 0.25) is 5.02 Å². The van der Waals surface area contributed by atoms with Crippen molar-refractivity contribution in [1.82, 2.24) is 10.2 Å². The molecule has 0 bridgehead atoms. The van der Waals surface area contributed by atoms with Crippen LogP contribution >= 0.6 is 11.6 Å². The van der Waals surface area contributed by atoms with E-state index < -0.39 is 28.5 Å². The minimum atomic E-state index is -3.81. The fraction of sp³-hybridized carbons (Fsp3) is 0.417. The Labute approximate surface area is 206 Å². The Morgan fingerprint density at radius 3 is 2.47 bits per heavy atom.